The third kappa shape index (κ3) is 10.4. The maximum Gasteiger partial charge on any atom is 0.276 e. The Hall–Kier alpha value is -0.956. The van der Waals surface area contributed by atoms with Crippen LogP contribution in [0.1, 0.15) is 77.6 Å². The van der Waals surface area contributed by atoms with Crippen molar-refractivity contribution in [3.8, 4) is 0 Å². The van der Waals surface area contributed by atoms with Gasteiger partial charge in [0.1, 0.15) is 5.69 Å². The van der Waals surface area contributed by atoms with Gasteiger partial charge in [-0.15, -0.1) is 0 Å². The number of rotatable bonds is 16. The van der Waals surface area contributed by atoms with Gasteiger partial charge in [-0.2, -0.15) is 0 Å². The van der Waals surface area contributed by atoms with E-state index in [-0.39, 0.29) is 54.3 Å². The quantitative estimate of drug-likeness (QED) is 0.135. The van der Waals surface area contributed by atoms with E-state index in [1.165, 1.54) is 76.3 Å². The van der Waals surface area contributed by atoms with Gasteiger partial charge in [-0.05, 0) is 36.8 Å². The number of nitrogens with one attached hydrogen (secondary N) is 2. The van der Waals surface area contributed by atoms with Crippen molar-refractivity contribution in [2.24, 2.45) is 10.1 Å². The van der Waals surface area contributed by atoms with Gasteiger partial charge >= 0.3 is 0 Å². The maximum atomic E-state index is 13.0. The third-order valence-corrected chi connectivity index (χ3v) is 7.67. The average Bonchev–Trinajstić information content (AvgIpc) is 3.20. The summed E-state index contributed by atoms with van der Waals surface area (Å²) in [7, 11) is 0. The summed E-state index contributed by atoms with van der Waals surface area (Å²) in [4.78, 5) is 17.4. The monoisotopic (exact) mass is 700 g/mol. The molecule has 7 nitrogen and oxygen atoms in total. The van der Waals surface area contributed by atoms with Gasteiger partial charge in [0, 0.05) is 50.0 Å². The molecule has 0 aliphatic carbocycles. The Bertz CT molecular complexity index is 1140. The van der Waals surface area contributed by atoms with Gasteiger partial charge < -0.3 is 16.0 Å². The van der Waals surface area contributed by atoms with Crippen LogP contribution in [0.4, 0.5) is 17.1 Å². The minimum atomic E-state index is -1.29. The van der Waals surface area contributed by atoms with E-state index in [9.17, 15) is 10.3 Å². The van der Waals surface area contributed by atoms with Crippen molar-refractivity contribution < 1.29 is 37.5 Å². The molecule has 2 N–H and O–H groups in total. The molecule has 0 aromatic heterocycles. The van der Waals surface area contributed by atoms with Crippen LogP contribution in [-0.2, 0) is 37.5 Å². The topological polar surface area (TPSA) is 91.4 Å². The number of unbranched alkanes of at least 4 members (excludes halogenated alkanes) is 10. The zero-order chi connectivity index (χ0) is 28.2. The maximum absolute atomic E-state index is 13.0. The second kappa shape index (κ2) is 18.6. The summed E-state index contributed by atoms with van der Waals surface area (Å²) in [5.74, 6) is -0.529. The van der Waals surface area contributed by atoms with Crippen molar-refractivity contribution in [1.82, 2.24) is 5.43 Å². The molecule has 1 amide bonds. The van der Waals surface area contributed by atoms with Crippen LogP contribution in [0, 0.1) is 0 Å². The van der Waals surface area contributed by atoms with Crippen LogP contribution >= 0.6 is 46.4 Å². The molecular weight excluding hydrogens is 667 g/mol. The van der Waals surface area contributed by atoms with E-state index in [2.05, 4.69) is 27.8 Å². The summed E-state index contributed by atoms with van der Waals surface area (Å²) in [5, 5.41) is 8.72. The first-order chi connectivity index (χ1) is 18.8. The van der Waals surface area contributed by atoms with E-state index >= 15 is 0 Å². The van der Waals surface area contributed by atoms with Crippen molar-refractivity contribution in [3.05, 3.63) is 56.0 Å². The van der Waals surface area contributed by atoms with Crippen molar-refractivity contribution in [3.63, 3.8) is 0 Å². The number of carbonyl (C=O) groups excluding carboxylic acids is 1. The van der Waals surface area contributed by atoms with E-state index in [1.54, 1.807) is 12.1 Å². The fourth-order valence-corrected chi connectivity index (χ4v) is 5.58. The number of hydrogen-bond donors (Lipinski definition) is 2. The first kappa shape index (κ1) is 35.2. The molecule has 2 aromatic carbocycles. The van der Waals surface area contributed by atoms with E-state index in [0.29, 0.717) is 15.7 Å². The summed E-state index contributed by atoms with van der Waals surface area (Å²) in [6.07, 6.45) is 14.2. The number of carbonyl (C=O) groups is 1. The summed E-state index contributed by atoms with van der Waals surface area (Å²) in [6, 6.07) is 7.03. The minimum Gasteiger partial charge on any atom is -0.711 e. The fourth-order valence-electron chi connectivity index (χ4n) is 4.43. The van der Waals surface area contributed by atoms with E-state index < -0.39 is 11.9 Å². The Labute approximate surface area is 282 Å². The first-order valence-corrected chi connectivity index (χ1v) is 15.1. The Kier molecular flexibility index (Phi) is 16.3. The Morgan fingerprint density at radius 1 is 0.875 bits per heavy atom. The van der Waals surface area contributed by atoms with E-state index in [1.807, 2.05) is 6.07 Å². The van der Waals surface area contributed by atoms with Crippen molar-refractivity contribution in [2.75, 3.05) is 16.9 Å². The Morgan fingerprint density at radius 2 is 1.45 bits per heavy atom. The summed E-state index contributed by atoms with van der Waals surface area (Å²) in [6.45, 7) is 3.09. The van der Waals surface area contributed by atoms with Gasteiger partial charge in [0.05, 0.1) is 20.8 Å². The van der Waals surface area contributed by atoms with Crippen LogP contribution in [0.2, 0.25) is 20.1 Å². The van der Waals surface area contributed by atoms with Crippen molar-refractivity contribution >= 4 is 75.2 Å². The molecule has 3 rings (SSSR count). The van der Waals surface area contributed by atoms with Crippen LogP contribution in [0.15, 0.2) is 40.4 Å². The minimum absolute atomic E-state index is 0. The molecule has 1 saturated heterocycles. The predicted octanol–water partition coefficient (Wildman–Crippen LogP) is 9.99. The smallest absolute Gasteiger partial charge is 0.276 e. The summed E-state index contributed by atoms with van der Waals surface area (Å²) >= 11 is 24.9. The number of halogens is 4. The number of anilines is 2. The number of hydrogen-bond acceptors (Lipinski definition) is 4. The van der Waals surface area contributed by atoms with Crippen LogP contribution < -0.4 is 15.8 Å². The van der Waals surface area contributed by atoms with Crippen molar-refractivity contribution in [2.45, 2.75) is 83.6 Å². The Balaban J connectivity index is 0.00000560. The molecule has 0 saturated carbocycles. The van der Waals surface area contributed by atoms with E-state index in [4.69, 9.17) is 46.4 Å². The fraction of sp³-hybridized carbons (Fsp3) is 0.500. The second-order valence-corrected chi connectivity index (χ2v) is 11.3. The number of hydrazine groups is 1. The molecule has 1 unspecified atom stereocenters. The molecule has 0 spiro atoms. The molecule has 2 aromatic rings. The average molecular weight is 702 g/mol. The zero-order valence-electron chi connectivity index (χ0n) is 22.7. The number of benzene rings is 2. The molecule has 1 radical (unpaired) electrons. The van der Waals surface area contributed by atoms with Crippen LogP contribution in [-0.4, -0.2) is 24.3 Å². The molecule has 40 heavy (non-hydrogen) atoms. The molecule has 1 heterocycles. The number of nitrogens with zero attached hydrogens (tertiary/aromatic N) is 4. The van der Waals surface area contributed by atoms with E-state index in [0.717, 1.165) is 23.7 Å². The molecular formula is C28H35Cl4N6OY-. The SMILES string of the molecule is CCCCCCCCCCCCCNc1ccc(Cl)c(N=C2NN(c3c(Cl)cc(Cl)cc3Cl)C(=O)C2N=[N-])c1.[Y]. The Morgan fingerprint density at radius 3 is 2.02 bits per heavy atom. The number of amidine groups is 1. The largest absolute Gasteiger partial charge is 0.711 e. The zero-order valence-corrected chi connectivity index (χ0v) is 28.6. The normalized spacial score (nSPS) is 15.7. The molecule has 0 bridgehead atoms. The molecule has 1 atom stereocenters. The van der Waals surface area contributed by atoms with Gasteiger partial charge in [-0.1, -0.05) is 118 Å². The first-order valence-electron chi connectivity index (χ1n) is 13.6. The van der Waals surface area contributed by atoms with Gasteiger partial charge in [-0.25, -0.2) is 10.0 Å². The summed E-state index contributed by atoms with van der Waals surface area (Å²) in [5.41, 5.74) is 13.8. The van der Waals surface area contributed by atoms with Gasteiger partial charge in [-0.3, -0.25) is 10.2 Å². The van der Waals surface area contributed by atoms with Crippen LogP contribution in [0.3, 0.4) is 0 Å². The molecule has 1 fully saturated rings. The molecule has 12 heteroatoms. The third-order valence-electron chi connectivity index (χ3n) is 6.56. The van der Waals surface area contributed by atoms with Gasteiger partial charge in [0.15, 0.2) is 11.9 Å². The number of amides is 1. The van der Waals surface area contributed by atoms with Gasteiger partial charge in [0.25, 0.3) is 5.91 Å². The van der Waals surface area contributed by atoms with Crippen LogP contribution in [0.25, 0.3) is 5.53 Å². The molecule has 1 aliphatic heterocycles. The van der Waals surface area contributed by atoms with Crippen LogP contribution in [0.5, 0.6) is 0 Å². The standard InChI is InChI=1S/C28H35Cl4N6O.Y/c1-2-3-4-5-6-7-8-9-10-11-12-15-34-20-13-14-21(30)24(18-20)35-27-25(36-33)28(39)38(37-27)26-22(31)16-19(29)17-23(26)32;/h13-14,16-18,25,34H,2-12,15H2,1H3,(H,35,37);/q-1;. The predicted molar refractivity (Wildman–Crippen MR) is 165 cm³/mol. The summed E-state index contributed by atoms with van der Waals surface area (Å²) < 4.78 is 0. The molecule has 215 valence electrons. The number of aliphatic imine (C=N–C) groups is 1. The van der Waals surface area contributed by atoms with Crippen molar-refractivity contribution in [1.29, 1.82) is 0 Å². The van der Waals surface area contributed by atoms with Gasteiger partial charge in [0.2, 0.25) is 0 Å². The molecule has 1 aliphatic rings. The second-order valence-electron chi connectivity index (χ2n) is 9.65.